The Morgan fingerprint density at radius 1 is 0.970 bits per heavy atom. The van der Waals surface area contributed by atoms with Crippen LogP contribution in [0.15, 0.2) is 48.5 Å². The van der Waals surface area contributed by atoms with Crippen molar-refractivity contribution in [3.05, 3.63) is 59.7 Å². The molecule has 0 aliphatic heterocycles. The predicted molar refractivity (Wildman–Crippen MR) is 128 cm³/mol. The number of amides is 1. The number of aliphatic carboxylic acids is 1. The number of carboxylic acids is 1. The van der Waals surface area contributed by atoms with Crippen LogP contribution in [0.25, 0.3) is 11.1 Å². The lowest BCUT2D eigenvalue weighted by Gasteiger charge is -2.20. The molecule has 1 aliphatic rings. The normalized spacial score (nSPS) is 13.5. The highest BCUT2D eigenvalue weighted by Crippen LogP contribution is 2.44. The molecular formula is C25H31NO6Si. The Morgan fingerprint density at radius 3 is 2.09 bits per heavy atom. The van der Waals surface area contributed by atoms with Gasteiger partial charge in [0.25, 0.3) is 0 Å². The standard InChI is InChI=1S/C25H31NO6Si/c1-33(2,3)15-14-31-24(29)22(12-13-23(27)28)26-25(30)32-16-21-19-10-6-4-8-17(19)18-9-5-7-11-20(18)21/h4-11,21-22H,12-16H2,1-3H3,(H,26,30)(H,27,28). The summed E-state index contributed by atoms with van der Waals surface area (Å²) in [5.74, 6) is -1.79. The number of hydrogen-bond acceptors (Lipinski definition) is 5. The van der Waals surface area contributed by atoms with Gasteiger partial charge in [-0.1, -0.05) is 68.2 Å². The molecule has 3 rings (SSSR count). The molecule has 0 aromatic heterocycles. The molecule has 1 unspecified atom stereocenters. The number of rotatable bonds is 10. The topological polar surface area (TPSA) is 102 Å². The van der Waals surface area contributed by atoms with Gasteiger partial charge < -0.3 is 19.9 Å². The largest absolute Gasteiger partial charge is 0.481 e. The van der Waals surface area contributed by atoms with E-state index in [1.165, 1.54) is 0 Å². The van der Waals surface area contributed by atoms with Crippen molar-refractivity contribution >= 4 is 26.1 Å². The number of alkyl carbamates (subject to hydrolysis) is 1. The van der Waals surface area contributed by atoms with Crippen molar-refractivity contribution in [3.8, 4) is 11.1 Å². The van der Waals surface area contributed by atoms with E-state index in [9.17, 15) is 14.4 Å². The average molecular weight is 470 g/mol. The molecule has 8 heteroatoms. The van der Waals surface area contributed by atoms with Crippen molar-refractivity contribution in [1.29, 1.82) is 0 Å². The van der Waals surface area contributed by atoms with Gasteiger partial charge in [0, 0.05) is 20.4 Å². The fraction of sp³-hybridized carbons (Fsp3) is 0.400. The van der Waals surface area contributed by atoms with Gasteiger partial charge in [0.15, 0.2) is 0 Å². The number of hydrogen-bond donors (Lipinski definition) is 2. The fourth-order valence-corrected chi connectivity index (χ4v) is 4.57. The maximum Gasteiger partial charge on any atom is 0.407 e. The van der Waals surface area contributed by atoms with Gasteiger partial charge in [-0.15, -0.1) is 0 Å². The number of ether oxygens (including phenoxy) is 2. The molecule has 1 amide bonds. The Kier molecular flexibility index (Phi) is 7.91. The Balaban J connectivity index is 1.62. The molecule has 2 N–H and O–H groups in total. The first-order valence-corrected chi connectivity index (χ1v) is 14.9. The maximum atomic E-state index is 12.5. The fourth-order valence-electron chi connectivity index (χ4n) is 3.86. The Hall–Kier alpha value is -3.13. The van der Waals surface area contributed by atoms with Crippen LogP contribution < -0.4 is 5.32 Å². The lowest BCUT2D eigenvalue weighted by molar-refractivity contribution is -0.146. The molecule has 33 heavy (non-hydrogen) atoms. The number of esters is 1. The molecule has 0 heterocycles. The Bertz CT molecular complexity index is 970. The van der Waals surface area contributed by atoms with Crippen LogP contribution >= 0.6 is 0 Å². The zero-order valence-electron chi connectivity index (χ0n) is 19.3. The smallest absolute Gasteiger partial charge is 0.407 e. The summed E-state index contributed by atoms with van der Waals surface area (Å²) in [6, 6.07) is 15.7. The third-order valence-corrected chi connectivity index (χ3v) is 7.37. The van der Waals surface area contributed by atoms with E-state index in [0.717, 1.165) is 28.3 Å². The van der Waals surface area contributed by atoms with Gasteiger partial charge in [-0.25, -0.2) is 9.59 Å². The van der Waals surface area contributed by atoms with Crippen LogP contribution in [-0.2, 0) is 19.1 Å². The molecule has 0 bridgehead atoms. The third-order valence-electron chi connectivity index (χ3n) is 5.66. The van der Waals surface area contributed by atoms with E-state index in [-0.39, 0.29) is 32.0 Å². The minimum Gasteiger partial charge on any atom is -0.481 e. The molecule has 0 spiro atoms. The van der Waals surface area contributed by atoms with E-state index in [1.54, 1.807) is 0 Å². The van der Waals surface area contributed by atoms with Crippen molar-refractivity contribution in [2.45, 2.75) is 50.5 Å². The zero-order valence-corrected chi connectivity index (χ0v) is 20.3. The number of carbonyl (C=O) groups is 3. The Morgan fingerprint density at radius 2 is 1.55 bits per heavy atom. The summed E-state index contributed by atoms with van der Waals surface area (Å²) < 4.78 is 10.8. The van der Waals surface area contributed by atoms with Crippen LogP contribution in [0.4, 0.5) is 4.79 Å². The van der Waals surface area contributed by atoms with Crippen LogP contribution in [0, 0.1) is 0 Å². The van der Waals surface area contributed by atoms with Crippen LogP contribution in [0.2, 0.25) is 25.7 Å². The van der Waals surface area contributed by atoms with E-state index < -0.39 is 32.1 Å². The van der Waals surface area contributed by atoms with Crippen molar-refractivity contribution in [2.24, 2.45) is 0 Å². The third kappa shape index (κ3) is 6.68. The molecule has 176 valence electrons. The van der Waals surface area contributed by atoms with Crippen LogP contribution in [-0.4, -0.2) is 50.5 Å². The highest BCUT2D eigenvalue weighted by Gasteiger charge is 2.30. The minimum atomic E-state index is -1.40. The van der Waals surface area contributed by atoms with Gasteiger partial charge in [-0.2, -0.15) is 0 Å². The van der Waals surface area contributed by atoms with Crippen molar-refractivity contribution < 1.29 is 29.0 Å². The average Bonchev–Trinajstić information content (AvgIpc) is 3.08. The minimum absolute atomic E-state index is 0.0642. The predicted octanol–water partition coefficient (Wildman–Crippen LogP) is 4.64. The summed E-state index contributed by atoms with van der Waals surface area (Å²) in [7, 11) is -1.40. The van der Waals surface area contributed by atoms with Gasteiger partial charge in [0.05, 0.1) is 6.61 Å². The number of fused-ring (bicyclic) bond motifs is 3. The summed E-state index contributed by atoms with van der Waals surface area (Å²) in [5, 5.41) is 11.5. The van der Waals surface area contributed by atoms with Gasteiger partial charge >= 0.3 is 18.0 Å². The number of benzene rings is 2. The summed E-state index contributed by atoms with van der Waals surface area (Å²) in [6.45, 7) is 6.85. The second-order valence-electron chi connectivity index (χ2n) is 9.43. The highest BCUT2D eigenvalue weighted by molar-refractivity contribution is 6.76. The summed E-state index contributed by atoms with van der Waals surface area (Å²) >= 11 is 0. The molecule has 0 fully saturated rings. The van der Waals surface area contributed by atoms with E-state index in [2.05, 4.69) is 25.0 Å². The van der Waals surface area contributed by atoms with E-state index in [1.807, 2.05) is 48.5 Å². The van der Waals surface area contributed by atoms with E-state index in [0.29, 0.717) is 0 Å². The molecule has 2 aromatic rings. The lowest BCUT2D eigenvalue weighted by atomic mass is 9.98. The van der Waals surface area contributed by atoms with Crippen LogP contribution in [0.5, 0.6) is 0 Å². The zero-order chi connectivity index (χ0) is 24.0. The second-order valence-corrected chi connectivity index (χ2v) is 15.1. The maximum absolute atomic E-state index is 12.5. The number of carboxylic acid groups (broad SMARTS) is 1. The summed E-state index contributed by atoms with van der Waals surface area (Å²) in [4.78, 5) is 36.0. The molecule has 0 saturated carbocycles. The monoisotopic (exact) mass is 469 g/mol. The van der Waals surface area contributed by atoms with Gasteiger partial charge in [0.2, 0.25) is 0 Å². The van der Waals surface area contributed by atoms with E-state index in [4.69, 9.17) is 14.6 Å². The Labute approximate surface area is 195 Å². The first-order chi connectivity index (χ1) is 15.7. The SMILES string of the molecule is C[Si](C)(C)CCOC(=O)C(CCC(=O)O)NC(=O)OCC1c2ccccc2-c2ccccc21. The van der Waals surface area contributed by atoms with Crippen LogP contribution in [0.3, 0.4) is 0 Å². The molecule has 0 radical (unpaired) electrons. The van der Waals surface area contributed by atoms with Gasteiger partial charge in [0.1, 0.15) is 12.6 Å². The summed E-state index contributed by atoms with van der Waals surface area (Å²) in [5.41, 5.74) is 4.40. The first-order valence-electron chi connectivity index (χ1n) is 11.2. The van der Waals surface area contributed by atoms with Gasteiger partial charge in [-0.3, -0.25) is 4.79 Å². The molecule has 1 atom stereocenters. The highest BCUT2D eigenvalue weighted by atomic mass is 28.3. The lowest BCUT2D eigenvalue weighted by Crippen LogP contribution is -2.43. The molecule has 1 aliphatic carbocycles. The van der Waals surface area contributed by atoms with Crippen molar-refractivity contribution in [1.82, 2.24) is 5.32 Å². The molecule has 0 saturated heterocycles. The number of carbonyl (C=O) groups excluding carboxylic acids is 2. The summed E-state index contributed by atoms with van der Waals surface area (Å²) in [6.07, 6.45) is -1.10. The number of nitrogens with one attached hydrogen (secondary N) is 1. The molecular weight excluding hydrogens is 438 g/mol. The van der Waals surface area contributed by atoms with E-state index >= 15 is 0 Å². The van der Waals surface area contributed by atoms with Crippen molar-refractivity contribution in [2.75, 3.05) is 13.2 Å². The second kappa shape index (κ2) is 10.7. The van der Waals surface area contributed by atoms with Crippen LogP contribution in [0.1, 0.15) is 29.9 Å². The first kappa shape index (κ1) is 24.5. The van der Waals surface area contributed by atoms with Gasteiger partial charge in [-0.05, 0) is 34.7 Å². The van der Waals surface area contributed by atoms with Crippen molar-refractivity contribution in [3.63, 3.8) is 0 Å². The molecule has 7 nitrogen and oxygen atoms in total. The quantitative estimate of drug-likeness (QED) is 0.388. The molecule has 2 aromatic carbocycles.